The van der Waals surface area contributed by atoms with Crippen LogP contribution in [0.25, 0.3) is 0 Å². The molecule has 2 N–H and O–H groups in total. The van der Waals surface area contributed by atoms with Crippen molar-refractivity contribution in [2.45, 2.75) is 6.18 Å². The number of likely N-dealkylation sites (N-methyl/N-ethyl adjacent to an activating group) is 1. The van der Waals surface area contributed by atoms with Crippen LogP contribution < -0.4 is 10.2 Å². The summed E-state index contributed by atoms with van der Waals surface area (Å²) >= 11 is 0. The Kier molecular flexibility index (Phi) is 4.81. The van der Waals surface area contributed by atoms with Crippen molar-refractivity contribution >= 4 is 17.5 Å². The van der Waals surface area contributed by atoms with E-state index < -0.39 is 11.7 Å². The molecule has 118 valence electrons. The summed E-state index contributed by atoms with van der Waals surface area (Å²) in [6, 6.07) is 6.45. The highest BCUT2D eigenvalue weighted by atomic mass is 19.4. The summed E-state index contributed by atoms with van der Waals surface area (Å²) in [7, 11) is 1.74. The number of nitrogens with one attached hydrogen (secondary N) is 1. The smallest absolute Gasteiger partial charge is 0.395 e. The van der Waals surface area contributed by atoms with Crippen LogP contribution in [0.3, 0.4) is 0 Å². The molecule has 0 atom stereocenters. The van der Waals surface area contributed by atoms with Crippen molar-refractivity contribution in [1.29, 1.82) is 0 Å². The van der Waals surface area contributed by atoms with Crippen molar-refractivity contribution in [2.24, 2.45) is 0 Å². The van der Waals surface area contributed by atoms with Gasteiger partial charge in [-0.15, -0.1) is 0 Å². The van der Waals surface area contributed by atoms with Gasteiger partial charge in [0.2, 0.25) is 5.95 Å². The van der Waals surface area contributed by atoms with Gasteiger partial charge in [0.05, 0.1) is 12.2 Å². The highest BCUT2D eigenvalue weighted by Gasteiger charge is 2.30. The van der Waals surface area contributed by atoms with Crippen LogP contribution in [0.15, 0.2) is 36.5 Å². The number of anilines is 3. The molecular weight excluding hydrogens is 297 g/mol. The molecule has 8 heteroatoms. The van der Waals surface area contributed by atoms with E-state index in [2.05, 4.69) is 15.3 Å². The minimum atomic E-state index is -4.40. The average molecular weight is 312 g/mol. The van der Waals surface area contributed by atoms with Crippen molar-refractivity contribution < 1.29 is 18.3 Å². The number of nitrogens with zero attached hydrogens (tertiary/aromatic N) is 3. The van der Waals surface area contributed by atoms with Gasteiger partial charge < -0.3 is 15.3 Å². The lowest BCUT2D eigenvalue weighted by molar-refractivity contribution is -0.137. The molecule has 0 amide bonds. The van der Waals surface area contributed by atoms with Crippen molar-refractivity contribution in [1.82, 2.24) is 9.97 Å². The van der Waals surface area contributed by atoms with Crippen molar-refractivity contribution in [3.8, 4) is 0 Å². The Bertz CT molecular complexity index is 633. The molecular formula is C14H15F3N4O. The minimum absolute atomic E-state index is 0.0309. The topological polar surface area (TPSA) is 61.3 Å². The van der Waals surface area contributed by atoms with Crippen LogP contribution in [0.1, 0.15) is 5.56 Å². The summed E-state index contributed by atoms with van der Waals surface area (Å²) in [4.78, 5) is 9.87. The summed E-state index contributed by atoms with van der Waals surface area (Å²) in [5.74, 6) is 0.736. The fraction of sp³-hybridized carbons (Fsp3) is 0.286. The van der Waals surface area contributed by atoms with Gasteiger partial charge in [0.25, 0.3) is 0 Å². The Morgan fingerprint density at radius 2 is 2.05 bits per heavy atom. The summed E-state index contributed by atoms with van der Waals surface area (Å²) in [5.41, 5.74) is -0.497. The van der Waals surface area contributed by atoms with E-state index in [1.54, 1.807) is 18.0 Å². The maximum absolute atomic E-state index is 12.7. The number of aliphatic hydroxyl groups is 1. The Morgan fingerprint density at radius 3 is 2.73 bits per heavy atom. The highest BCUT2D eigenvalue weighted by molar-refractivity contribution is 5.56. The molecule has 0 unspecified atom stereocenters. The molecule has 0 fully saturated rings. The standard InChI is InChI=1S/C14H15F3N4O/c1-21(7-8-22)12-5-6-18-13(20-12)19-11-4-2-3-10(9-11)14(15,16)17/h2-6,9,22H,7-8H2,1H3,(H,18,19,20). The predicted molar refractivity (Wildman–Crippen MR) is 77.1 cm³/mol. The quantitative estimate of drug-likeness (QED) is 0.889. The van der Waals surface area contributed by atoms with E-state index in [1.807, 2.05) is 0 Å². The first-order valence-electron chi connectivity index (χ1n) is 6.49. The molecule has 1 heterocycles. The average Bonchev–Trinajstić information content (AvgIpc) is 2.47. The normalized spacial score (nSPS) is 11.3. The molecule has 0 aliphatic carbocycles. The zero-order valence-electron chi connectivity index (χ0n) is 11.8. The van der Waals surface area contributed by atoms with E-state index in [1.165, 1.54) is 18.3 Å². The van der Waals surface area contributed by atoms with Gasteiger partial charge in [-0.05, 0) is 24.3 Å². The number of rotatable bonds is 5. The lowest BCUT2D eigenvalue weighted by Gasteiger charge is -2.17. The molecule has 0 saturated carbocycles. The maximum atomic E-state index is 12.7. The van der Waals surface area contributed by atoms with Gasteiger partial charge in [0.1, 0.15) is 5.82 Å². The van der Waals surface area contributed by atoms with Gasteiger partial charge in [-0.25, -0.2) is 4.98 Å². The molecule has 0 radical (unpaired) electrons. The maximum Gasteiger partial charge on any atom is 0.416 e. The predicted octanol–water partition coefficient (Wildman–Crippen LogP) is 2.67. The van der Waals surface area contributed by atoms with Crippen LogP contribution in [-0.2, 0) is 6.18 Å². The molecule has 1 aromatic heterocycles. The van der Waals surface area contributed by atoms with E-state index in [4.69, 9.17) is 5.11 Å². The van der Waals surface area contributed by atoms with E-state index in [0.29, 0.717) is 12.4 Å². The van der Waals surface area contributed by atoms with Gasteiger partial charge in [0.15, 0.2) is 0 Å². The molecule has 2 aromatic rings. The van der Waals surface area contributed by atoms with Gasteiger partial charge in [0, 0.05) is 25.5 Å². The second-order valence-electron chi connectivity index (χ2n) is 4.59. The zero-order valence-corrected chi connectivity index (χ0v) is 11.8. The van der Waals surface area contributed by atoms with Crippen LogP contribution in [-0.4, -0.2) is 35.3 Å². The van der Waals surface area contributed by atoms with Gasteiger partial charge in [-0.3, -0.25) is 0 Å². The van der Waals surface area contributed by atoms with E-state index >= 15 is 0 Å². The summed E-state index contributed by atoms with van der Waals surface area (Å²) in [5, 5.41) is 11.6. The Morgan fingerprint density at radius 1 is 1.27 bits per heavy atom. The van der Waals surface area contributed by atoms with Gasteiger partial charge in [-0.1, -0.05) is 6.07 Å². The fourth-order valence-electron chi connectivity index (χ4n) is 1.79. The molecule has 0 aliphatic heterocycles. The Labute approximate surface area is 125 Å². The first kappa shape index (κ1) is 16.0. The van der Waals surface area contributed by atoms with Crippen LogP contribution in [0.4, 0.5) is 30.6 Å². The second kappa shape index (κ2) is 6.61. The molecule has 0 saturated heterocycles. The fourth-order valence-corrected chi connectivity index (χ4v) is 1.79. The van der Waals surface area contributed by atoms with Gasteiger partial charge >= 0.3 is 6.18 Å². The van der Waals surface area contributed by atoms with Crippen LogP contribution in [0.2, 0.25) is 0 Å². The van der Waals surface area contributed by atoms with Crippen molar-refractivity contribution in [3.63, 3.8) is 0 Å². The zero-order chi connectivity index (χ0) is 16.2. The Balaban J connectivity index is 2.19. The van der Waals surface area contributed by atoms with Crippen molar-refractivity contribution in [2.75, 3.05) is 30.4 Å². The SMILES string of the molecule is CN(CCO)c1ccnc(Nc2cccc(C(F)(F)F)c2)n1. The monoisotopic (exact) mass is 312 g/mol. The number of halogens is 3. The first-order chi connectivity index (χ1) is 10.4. The number of hydrogen-bond donors (Lipinski definition) is 2. The molecule has 5 nitrogen and oxygen atoms in total. The molecule has 0 bridgehead atoms. The minimum Gasteiger partial charge on any atom is -0.395 e. The van der Waals surface area contributed by atoms with Crippen LogP contribution >= 0.6 is 0 Å². The third-order valence-electron chi connectivity index (χ3n) is 2.91. The summed E-state index contributed by atoms with van der Waals surface area (Å²) in [6.45, 7) is 0.358. The lowest BCUT2D eigenvalue weighted by Crippen LogP contribution is -2.22. The van der Waals surface area contributed by atoms with E-state index in [0.717, 1.165) is 12.1 Å². The van der Waals surface area contributed by atoms with Crippen molar-refractivity contribution in [3.05, 3.63) is 42.1 Å². The molecule has 1 aromatic carbocycles. The van der Waals surface area contributed by atoms with Crippen LogP contribution in [0.5, 0.6) is 0 Å². The number of aliphatic hydroxyl groups excluding tert-OH is 1. The molecule has 2 rings (SSSR count). The third-order valence-corrected chi connectivity index (χ3v) is 2.91. The second-order valence-corrected chi connectivity index (χ2v) is 4.59. The molecule has 0 aliphatic rings. The Hall–Kier alpha value is -2.35. The van der Waals surface area contributed by atoms with E-state index in [9.17, 15) is 13.2 Å². The lowest BCUT2D eigenvalue weighted by atomic mass is 10.2. The number of benzene rings is 1. The largest absolute Gasteiger partial charge is 0.416 e. The summed E-state index contributed by atoms with van der Waals surface area (Å²) < 4.78 is 38.0. The highest BCUT2D eigenvalue weighted by Crippen LogP contribution is 2.31. The summed E-state index contributed by atoms with van der Waals surface area (Å²) in [6.07, 6.45) is -2.91. The van der Waals surface area contributed by atoms with Gasteiger partial charge in [-0.2, -0.15) is 18.2 Å². The molecule has 0 spiro atoms. The number of hydrogen-bond acceptors (Lipinski definition) is 5. The number of alkyl halides is 3. The first-order valence-corrected chi connectivity index (χ1v) is 6.49. The number of aromatic nitrogens is 2. The van der Waals surface area contributed by atoms with E-state index in [-0.39, 0.29) is 18.2 Å². The van der Waals surface area contributed by atoms with Crippen LogP contribution in [0, 0.1) is 0 Å². The molecule has 22 heavy (non-hydrogen) atoms. The third kappa shape index (κ3) is 4.08.